The number of hydrogen-bond acceptors (Lipinski definition) is 4. The average Bonchev–Trinajstić information content (AvgIpc) is 2.68. The number of halogens is 1. The van der Waals surface area contributed by atoms with Crippen molar-refractivity contribution in [3.8, 4) is 0 Å². The molecule has 0 bridgehead atoms. The monoisotopic (exact) mass is 506 g/mol. The van der Waals surface area contributed by atoms with Gasteiger partial charge in [-0.25, -0.2) is 0 Å². The third-order valence-electron chi connectivity index (χ3n) is 4.11. The number of likely N-dealkylation sites (N-methyl/N-ethyl adjacent to an activating group) is 1. The van der Waals surface area contributed by atoms with E-state index in [2.05, 4.69) is 58.8 Å². The second-order valence-corrected chi connectivity index (χ2v) is 6.54. The zero-order chi connectivity index (χ0) is 19.6. The van der Waals surface area contributed by atoms with E-state index in [1.165, 1.54) is 5.56 Å². The molecular weight excluding hydrogens is 467 g/mol. The lowest BCUT2D eigenvalue weighted by molar-refractivity contribution is 0.136. The third kappa shape index (κ3) is 15.1. The van der Waals surface area contributed by atoms with Crippen LogP contribution in [0, 0.1) is 0 Å². The predicted molar refractivity (Wildman–Crippen MR) is 129 cm³/mol. The zero-order valence-corrected chi connectivity index (χ0v) is 20.1. The molecule has 0 unspecified atom stereocenters. The summed E-state index contributed by atoms with van der Waals surface area (Å²) in [6, 6.07) is 10.4. The van der Waals surface area contributed by atoms with Crippen molar-refractivity contribution in [2.24, 2.45) is 4.99 Å². The standard InChI is InChI=1S/C21H38N4O2.HI/c1-4-22-21(24-14-16-25(2)15-9-17-26-3)23-13-8-18-27-19-12-20-10-6-5-7-11-20;/h5-7,10-11H,4,8-9,12-19H2,1-3H3,(H2,22,23,24);1H. The summed E-state index contributed by atoms with van der Waals surface area (Å²) in [4.78, 5) is 6.92. The van der Waals surface area contributed by atoms with Crippen LogP contribution in [-0.4, -0.2) is 77.6 Å². The number of hydrogen-bond donors (Lipinski definition) is 2. The van der Waals surface area contributed by atoms with Crippen LogP contribution in [0.15, 0.2) is 35.3 Å². The smallest absolute Gasteiger partial charge is 0.191 e. The van der Waals surface area contributed by atoms with Gasteiger partial charge in [-0.1, -0.05) is 30.3 Å². The van der Waals surface area contributed by atoms with Crippen LogP contribution in [0.4, 0.5) is 0 Å². The van der Waals surface area contributed by atoms with E-state index in [-0.39, 0.29) is 24.0 Å². The summed E-state index contributed by atoms with van der Waals surface area (Å²) in [6.07, 6.45) is 2.96. The van der Waals surface area contributed by atoms with Crippen LogP contribution in [0.1, 0.15) is 25.3 Å². The Bertz CT molecular complexity index is 489. The highest BCUT2D eigenvalue weighted by molar-refractivity contribution is 14.0. The van der Waals surface area contributed by atoms with Crippen LogP contribution in [0.3, 0.4) is 0 Å². The molecule has 0 saturated carbocycles. The molecule has 162 valence electrons. The van der Waals surface area contributed by atoms with Crippen LogP contribution in [0.5, 0.6) is 0 Å². The molecule has 0 aliphatic heterocycles. The first-order valence-corrected chi connectivity index (χ1v) is 10.1. The Kier molecular flexibility index (Phi) is 18.8. The molecule has 0 atom stereocenters. The van der Waals surface area contributed by atoms with E-state index in [0.29, 0.717) is 0 Å². The summed E-state index contributed by atoms with van der Waals surface area (Å²) in [7, 11) is 3.88. The van der Waals surface area contributed by atoms with Gasteiger partial charge in [0.05, 0.1) is 6.61 Å². The number of nitrogens with zero attached hydrogens (tertiary/aromatic N) is 2. The molecule has 0 fully saturated rings. The van der Waals surface area contributed by atoms with Crippen LogP contribution < -0.4 is 10.6 Å². The Labute approximate surface area is 188 Å². The minimum atomic E-state index is 0. The van der Waals surface area contributed by atoms with E-state index >= 15 is 0 Å². The Morgan fingerprint density at radius 3 is 2.54 bits per heavy atom. The highest BCUT2D eigenvalue weighted by atomic mass is 127. The minimum Gasteiger partial charge on any atom is -0.385 e. The summed E-state index contributed by atoms with van der Waals surface area (Å²) in [5.74, 6) is 0.882. The van der Waals surface area contributed by atoms with Gasteiger partial charge in [0.15, 0.2) is 5.96 Å². The van der Waals surface area contributed by atoms with E-state index in [9.17, 15) is 0 Å². The molecule has 1 rings (SSSR count). The molecule has 0 aliphatic carbocycles. The molecule has 0 amide bonds. The zero-order valence-electron chi connectivity index (χ0n) is 17.8. The van der Waals surface area contributed by atoms with Crippen LogP contribution in [-0.2, 0) is 15.9 Å². The number of benzene rings is 1. The fraction of sp³-hybridized carbons (Fsp3) is 0.667. The second-order valence-electron chi connectivity index (χ2n) is 6.54. The summed E-state index contributed by atoms with van der Waals surface area (Å²) >= 11 is 0. The van der Waals surface area contributed by atoms with Crippen molar-refractivity contribution in [3.63, 3.8) is 0 Å². The minimum absolute atomic E-state index is 0. The maximum Gasteiger partial charge on any atom is 0.191 e. The Morgan fingerprint density at radius 2 is 1.82 bits per heavy atom. The van der Waals surface area contributed by atoms with Gasteiger partial charge in [0, 0.05) is 53.0 Å². The van der Waals surface area contributed by atoms with Crippen molar-refractivity contribution in [2.45, 2.75) is 26.2 Å². The first-order chi connectivity index (χ1) is 13.3. The van der Waals surface area contributed by atoms with Crippen LogP contribution in [0.2, 0.25) is 0 Å². The normalized spacial score (nSPS) is 11.4. The van der Waals surface area contributed by atoms with Crippen molar-refractivity contribution in [1.29, 1.82) is 0 Å². The van der Waals surface area contributed by atoms with E-state index in [0.717, 1.165) is 77.8 Å². The van der Waals surface area contributed by atoms with Gasteiger partial charge in [0.1, 0.15) is 0 Å². The van der Waals surface area contributed by atoms with Gasteiger partial charge in [-0.2, -0.15) is 0 Å². The molecule has 1 aromatic carbocycles. The molecule has 2 N–H and O–H groups in total. The molecule has 0 spiro atoms. The van der Waals surface area contributed by atoms with E-state index in [4.69, 9.17) is 9.47 Å². The van der Waals surface area contributed by atoms with Crippen molar-refractivity contribution in [1.82, 2.24) is 15.5 Å². The Hall–Kier alpha value is -0.900. The van der Waals surface area contributed by atoms with Gasteiger partial charge >= 0.3 is 0 Å². The SMILES string of the molecule is CCNC(=NCCCOCCc1ccccc1)NCCN(C)CCCOC.I. The second kappa shape index (κ2) is 19.4. The molecule has 0 aliphatic rings. The molecule has 28 heavy (non-hydrogen) atoms. The predicted octanol–water partition coefficient (Wildman–Crippen LogP) is 2.78. The van der Waals surface area contributed by atoms with Crippen molar-refractivity contribution in [2.75, 3.05) is 66.7 Å². The first-order valence-electron chi connectivity index (χ1n) is 10.1. The molecule has 0 radical (unpaired) electrons. The highest BCUT2D eigenvalue weighted by Crippen LogP contribution is 1.99. The average molecular weight is 506 g/mol. The molecular formula is C21H39IN4O2. The quantitative estimate of drug-likeness (QED) is 0.166. The number of aliphatic imine (C=N–C) groups is 1. The number of guanidine groups is 1. The number of methoxy groups -OCH3 is 1. The van der Waals surface area contributed by atoms with Gasteiger partial charge in [-0.15, -0.1) is 24.0 Å². The van der Waals surface area contributed by atoms with Gasteiger partial charge in [-0.05, 0) is 38.8 Å². The third-order valence-corrected chi connectivity index (χ3v) is 4.11. The van der Waals surface area contributed by atoms with E-state index in [1.807, 2.05) is 6.07 Å². The molecule has 0 heterocycles. The summed E-state index contributed by atoms with van der Waals surface area (Å²) < 4.78 is 10.8. The van der Waals surface area contributed by atoms with Crippen LogP contribution >= 0.6 is 24.0 Å². The van der Waals surface area contributed by atoms with E-state index < -0.39 is 0 Å². The maximum atomic E-state index is 5.71. The van der Waals surface area contributed by atoms with Gasteiger partial charge < -0.3 is 25.0 Å². The number of rotatable bonds is 15. The van der Waals surface area contributed by atoms with Crippen molar-refractivity contribution < 1.29 is 9.47 Å². The summed E-state index contributed by atoms with van der Waals surface area (Å²) in [5, 5.41) is 6.68. The summed E-state index contributed by atoms with van der Waals surface area (Å²) in [6.45, 7) is 8.95. The molecule has 6 nitrogen and oxygen atoms in total. The lowest BCUT2D eigenvalue weighted by atomic mass is 10.2. The number of ether oxygens (including phenoxy) is 2. The fourth-order valence-electron chi connectivity index (χ4n) is 2.59. The maximum absolute atomic E-state index is 5.71. The van der Waals surface area contributed by atoms with Crippen LogP contribution in [0.25, 0.3) is 0 Å². The fourth-order valence-corrected chi connectivity index (χ4v) is 2.59. The first kappa shape index (κ1) is 27.1. The lowest BCUT2D eigenvalue weighted by Gasteiger charge is -2.18. The highest BCUT2D eigenvalue weighted by Gasteiger charge is 2.00. The topological polar surface area (TPSA) is 58.1 Å². The number of nitrogens with one attached hydrogen (secondary N) is 2. The van der Waals surface area contributed by atoms with Gasteiger partial charge in [0.25, 0.3) is 0 Å². The molecule has 7 heteroatoms. The van der Waals surface area contributed by atoms with Gasteiger partial charge in [0.2, 0.25) is 0 Å². The molecule has 0 saturated heterocycles. The lowest BCUT2D eigenvalue weighted by Crippen LogP contribution is -2.41. The van der Waals surface area contributed by atoms with Crippen molar-refractivity contribution in [3.05, 3.63) is 35.9 Å². The largest absolute Gasteiger partial charge is 0.385 e. The van der Waals surface area contributed by atoms with Crippen molar-refractivity contribution >= 4 is 29.9 Å². The van der Waals surface area contributed by atoms with Gasteiger partial charge in [-0.3, -0.25) is 4.99 Å². The summed E-state index contributed by atoms with van der Waals surface area (Å²) in [5.41, 5.74) is 1.32. The molecule has 1 aromatic rings. The molecule has 0 aromatic heterocycles. The Balaban J connectivity index is 0.00000729. The van der Waals surface area contributed by atoms with E-state index in [1.54, 1.807) is 7.11 Å². The Morgan fingerprint density at radius 1 is 1.04 bits per heavy atom.